The molecule has 2 aromatic heterocycles. The van der Waals surface area contributed by atoms with Crippen LogP contribution < -0.4 is 10.0 Å². The minimum absolute atomic E-state index is 0.00384. The summed E-state index contributed by atoms with van der Waals surface area (Å²) in [6, 6.07) is 9.21. The topological polar surface area (TPSA) is 106 Å². The van der Waals surface area contributed by atoms with E-state index in [1.165, 1.54) is 42.7 Å². The minimum atomic E-state index is -4.52. The molecule has 0 bridgehead atoms. The van der Waals surface area contributed by atoms with E-state index in [-0.39, 0.29) is 22.6 Å². The number of fused-ring (bicyclic) bond motifs is 1. The fourth-order valence-electron chi connectivity index (χ4n) is 3.21. The second kappa shape index (κ2) is 8.21. The lowest BCUT2D eigenvalue weighted by atomic mass is 10.2. The molecular formula is C21H14ClF2N3O4S. The van der Waals surface area contributed by atoms with Gasteiger partial charge in [0.25, 0.3) is 5.91 Å². The van der Waals surface area contributed by atoms with Crippen molar-refractivity contribution in [1.29, 1.82) is 0 Å². The molecule has 0 radical (unpaired) electrons. The molecule has 1 amide bonds. The lowest BCUT2D eigenvalue weighted by Gasteiger charge is -2.09. The van der Waals surface area contributed by atoms with Gasteiger partial charge in [-0.15, -0.1) is 0 Å². The molecule has 0 atom stereocenters. The van der Waals surface area contributed by atoms with Gasteiger partial charge in [-0.3, -0.25) is 4.79 Å². The van der Waals surface area contributed by atoms with Crippen molar-refractivity contribution in [3.63, 3.8) is 0 Å². The van der Waals surface area contributed by atoms with Crippen molar-refractivity contribution in [3.8, 4) is 0 Å². The quantitative estimate of drug-likeness (QED) is 0.339. The van der Waals surface area contributed by atoms with Gasteiger partial charge in [-0.05, 0) is 35.9 Å². The minimum Gasteiger partial charge on any atom is -0.619 e. The maximum atomic E-state index is 13.7. The number of halogens is 3. The number of aromatic amines is 1. The monoisotopic (exact) mass is 477 g/mol. The second-order valence-electron chi connectivity index (χ2n) is 6.88. The SMILES string of the molecule is O=C(NCc1cc[n+]([O-])cc1)c1[nH]c2ccc(Cl)cc2c1S(=O)(=O)c1cc(F)cc(F)c1. The van der Waals surface area contributed by atoms with Gasteiger partial charge in [0, 0.05) is 40.7 Å². The number of nitrogens with zero attached hydrogens (tertiary/aromatic N) is 1. The first-order chi connectivity index (χ1) is 15.1. The van der Waals surface area contributed by atoms with E-state index >= 15 is 0 Å². The first kappa shape index (κ1) is 21.7. The molecule has 11 heteroatoms. The summed E-state index contributed by atoms with van der Waals surface area (Å²) < 4.78 is 54.7. The number of H-pyrrole nitrogens is 1. The predicted octanol–water partition coefficient (Wildman–Crippen LogP) is 3.50. The van der Waals surface area contributed by atoms with Gasteiger partial charge in [0.1, 0.15) is 22.2 Å². The Morgan fingerprint density at radius 1 is 1.06 bits per heavy atom. The lowest BCUT2D eigenvalue weighted by Crippen LogP contribution is -2.27. The molecule has 164 valence electrons. The zero-order chi connectivity index (χ0) is 23.0. The van der Waals surface area contributed by atoms with Gasteiger partial charge >= 0.3 is 0 Å². The van der Waals surface area contributed by atoms with Crippen molar-refractivity contribution < 1.29 is 26.7 Å². The Balaban J connectivity index is 1.82. The van der Waals surface area contributed by atoms with Crippen LogP contribution >= 0.6 is 11.6 Å². The molecule has 7 nitrogen and oxygen atoms in total. The van der Waals surface area contributed by atoms with E-state index < -0.39 is 37.2 Å². The molecule has 2 heterocycles. The molecule has 0 fully saturated rings. The van der Waals surface area contributed by atoms with Crippen LogP contribution in [-0.2, 0) is 16.4 Å². The fourth-order valence-corrected chi connectivity index (χ4v) is 5.03. The number of rotatable bonds is 5. The van der Waals surface area contributed by atoms with Crippen molar-refractivity contribution in [2.75, 3.05) is 0 Å². The molecule has 0 unspecified atom stereocenters. The van der Waals surface area contributed by atoms with Gasteiger partial charge < -0.3 is 15.5 Å². The molecule has 4 rings (SSSR count). The summed E-state index contributed by atoms with van der Waals surface area (Å²) in [6.07, 6.45) is 2.50. The molecule has 0 aliphatic carbocycles. The van der Waals surface area contributed by atoms with Crippen LogP contribution in [0.2, 0.25) is 5.02 Å². The lowest BCUT2D eigenvalue weighted by molar-refractivity contribution is -0.605. The van der Waals surface area contributed by atoms with Gasteiger partial charge in [-0.25, -0.2) is 17.2 Å². The van der Waals surface area contributed by atoms with Crippen molar-refractivity contribution in [2.45, 2.75) is 16.3 Å². The van der Waals surface area contributed by atoms with E-state index in [2.05, 4.69) is 10.3 Å². The smallest absolute Gasteiger partial charge is 0.269 e. The van der Waals surface area contributed by atoms with Crippen LogP contribution in [0.3, 0.4) is 0 Å². The third-order valence-electron chi connectivity index (χ3n) is 4.68. The van der Waals surface area contributed by atoms with Gasteiger partial charge in [0.2, 0.25) is 9.84 Å². The van der Waals surface area contributed by atoms with E-state index in [0.29, 0.717) is 34.0 Å². The maximum absolute atomic E-state index is 13.7. The number of nitrogens with one attached hydrogen (secondary N) is 2. The Hall–Kier alpha value is -3.50. The first-order valence-corrected chi connectivity index (χ1v) is 11.0. The number of hydrogen-bond acceptors (Lipinski definition) is 4. The number of pyridine rings is 1. The average Bonchev–Trinajstić information content (AvgIpc) is 3.12. The van der Waals surface area contributed by atoms with E-state index in [4.69, 9.17) is 11.6 Å². The summed E-state index contributed by atoms with van der Waals surface area (Å²) in [5.41, 5.74) is 0.574. The number of carbonyl (C=O) groups excluding carboxylic acids is 1. The third kappa shape index (κ3) is 4.14. The molecule has 2 aromatic carbocycles. The highest BCUT2D eigenvalue weighted by Crippen LogP contribution is 2.34. The molecular weight excluding hydrogens is 464 g/mol. The predicted molar refractivity (Wildman–Crippen MR) is 112 cm³/mol. The zero-order valence-corrected chi connectivity index (χ0v) is 17.7. The number of amides is 1. The standard InChI is InChI=1S/C21H14ClF2N3O4S/c22-13-1-2-18-17(7-13)20(32(30,31)16-9-14(23)8-15(24)10-16)19(26-18)21(28)25-11-12-3-5-27(29)6-4-12/h1-10,26H,11H2,(H,25,28). The number of hydrogen-bond donors (Lipinski definition) is 2. The summed E-state index contributed by atoms with van der Waals surface area (Å²) >= 11 is 6.02. The third-order valence-corrected chi connectivity index (χ3v) is 6.73. The zero-order valence-electron chi connectivity index (χ0n) is 16.1. The second-order valence-corrected chi connectivity index (χ2v) is 9.20. The van der Waals surface area contributed by atoms with E-state index in [1.807, 2.05) is 0 Å². The number of aromatic nitrogens is 2. The molecule has 2 N–H and O–H groups in total. The van der Waals surface area contributed by atoms with Crippen molar-refractivity contribution >= 4 is 38.2 Å². The van der Waals surface area contributed by atoms with Crippen LogP contribution in [0.15, 0.2) is 70.7 Å². The van der Waals surface area contributed by atoms with Gasteiger partial charge in [0.05, 0.1) is 4.90 Å². The largest absolute Gasteiger partial charge is 0.619 e. The van der Waals surface area contributed by atoms with Crippen LogP contribution in [0.4, 0.5) is 8.78 Å². The molecule has 0 aliphatic rings. The molecule has 0 saturated carbocycles. The summed E-state index contributed by atoms with van der Waals surface area (Å²) in [6.45, 7) is 0.00384. The van der Waals surface area contributed by atoms with Crippen molar-refractivity contribution in [2.24, 2.45) is 0 Å². The summed E-state index contributed by atoms with van der Waals surface area (Å²) in [4.78, 5) is 14.6. The van der Waals surface area contributed by atoms with Crippen molar-refractivity contribution in [3.05, 3.63) is 94.0 Å². The molecule has 0 spiro atoms. The van der Waals surface area contributed by atoms with Crippen LogP contribution in [0.5, 0.6) is 0 Å². The van der Waals surface area contributed by atoms with E-state index in [9.17, 15) is 27.2 Å². The first-order valence-electron chi connectivity index (χ1n) is 9.13. The fraction of sp³-hybridized carbons (Fsp3) is 0.0476. The van der Waals surface area contributed by atoms with Crippen LogP contribution in [0, 0.1) is 16.8 Å². The molecule has 0 aliphatic heterocycles. The van der Waals surface area contributed by atoms with Crippen LogP contribution in [0.25, 0.3) is 10.9 Å². The van der Waals surface area contributed by atoms with Gasteiger partial charge in [-0.2, -0.15) is 4.73 Å². The number of carbonyl (C=O) groups is 1. The number of sulfone groups is 1. The summed E-state index contributed by atoms with van der Waals surface area (Å²) in [7, 11) is -4.52. The maximum Gasteiger partial charge on any atom is 0.269 e. The van der Waals surface area contributed by atoms with E-state index in [0.717, 1.165) is 0 Å². The number of benzene rings is 2. The Labute approximate surface area is 185 Å². The average molecular weight is 478 g/mol. The van der Waals surface area contributed by atoms with Crippen LogP contribution in [0.1, 0.15) is 16.1 Å². The van der Waals surface area contributed by atoms with E-state index in [1.54, 1.807) is 0 Å². The Kier molecular flexibility index (Phi) is 5.57. The normalized spacial score (nSPS) is 11.6. The Bertz CT molecular complexity index is 1430. The highest BCUT2D eigenvalue weighted by Gasteiger charge is 2.30. The van der Waals surface area contributed by atoms with Crippen molar-refractivity contribution in [1.82, 2.24) is 10.3 Å². The molecule has 32 heavy (non-hydrogen) atoms. The summed E-state index contributed by atoms with van der Waals surface area (Å²) in [5.74, 6) is -2.93. The highest BCUT2D eigenvalue weighted by atomic mass is 35.5. The van der Waals surface area contributed by atoms with Gasteiger partial charge in [-0.1, -0.05) is 11.6 Å². The highest BCUT2D eigenvalue weighted by molar-refractivity contribution is 7.91. The molecule has 0 saturated heterocycles. The summed E-state index contributed by atoms with van der Waals surface area (Å²) in [5, 5.41) is 14.0. The van der Waals surface area contributed by atoms with Crippen LogP contribution in [-0.4, -0.2) is 19.3 Å². The molecule has 4 aromatic rings. The van der Waals surface area contributed by atoms with Gasteiger partial charge in [0.15, 0.2) is 12.4 Å². The Morgan fingerprint density at radius 3 is 2.38 bits per heavy atom. The Morgan fingerprint density at radius 2 is 1.72 bits per heavy atom.